The minimum Gasteiger partial charge on any atom is -0.243 e. The Balaban J connectivity index is 2.46. The first kappa shape index (κ1) is 10.2. The van der Waals surface area contributed by atoms with Gasteiger partial charge in [-0.3, -0.25) is 0 Å². The van der Waals surface area contributed by atoms with Crippen LogP contribution in [-0.2, 0) is 0 Å². The Hall–Kier alpha value is 0.0800. The van der Waals surface area contributed by atoms with Crippen LogP contribution in [0.1, 0.15) is 6.42 Å². The number of thioether (sulfide) groups is 1. The molecule has 0 spiro atoms. The number of nitrogens with zero attached hydrogens (tertiary/aromatic N) is 1. The van der Waals surface area contributed by atoms with E-state index in [1.165, 1.54) is 0 Å². The van der Waals surface area contributed by atoms with Gasteiger partial charge in [0.2, 0.25) is 0 Å². The van der Waals surface area contributed by atoms with Crippen LogP contribution in [0.4, 0.5) is 0 Å². The topological polar surface area (TPSA) is 12.9 Å². The van der Waals surface area contributed by atoms with Gasteiger partial charge in [-0.1, -0.05) is 11.6 Å². The lowest BCUT2D eigenvalue weighted by Gasteiger charge is -2.00. The number of rotatable bonds is 4. The first-order chi connectivity index (χ1) is 5.84. The Kier molecular flexibility index (Phi) is 4.81. The summed E-state index contributed by atoms with van der Waals surface area (Å²) >= 11 is 13.1. The van der Waals surface area contributed by atoms with Crippen molar-refractivity contribution in [3.8, 4) is 0 Å². The Morgan fingerprint density at radius 2 is 2.33 bits per heavy atom. The highest BCUT2D eigenvalue weighted by molar-refractivity contribution is 7.99. The lowest BCUT2D eigenvalue weighted by atomic mass is 10.5. The third kappa shape index (κ3) is 3.21. The molecule has 1 heterocycles. The second kappa shape index (κ2) is 5.68. The molecule has 0 saturated heterocycles. The summed E-state index contributed by atoms with van der Waals surface area (Å²) in [7, 11) is 0. The first-order valence-electron chi connectivity index (χ1n) is 3.64. The summed E-state index contributed by atoms with van der Waals surface area (Å²) in [6, 6.07) is 3.85. The van der Waals surface area contributed by atoms with Crippen molar-refractivity contribution in [3.05, 3.63) is 23.5 Å². The highest BCUT2D eigenvalue weighted by atomic mass is 35.5. The van der Waals surface area contributed by atoms with E-state index in [2.05, 4.69) is 4.98 Å². The van der Waals surface area contributed by atoms with Gasteiger partial charge in [-0.05, 0) is 24.3 Å². The van der Waals surface area contributed by atoms with Crippen LogP contribution in [0.3, 0.4) is 0 Å². The van der Waals surface area contributed by atoms with Crippen LogP contribution < -0.4 is 0 Å². The van der Waals surface area contributed by atoms with Gasteiger partial charge in [-0.2, -0.15) is 0 Å². The fourth-order valence-corrected chi connectivity index (χ4v) is 2.15. The number of halogens is 2. The van der Waals surface area contributed by atoms with Crippen LogP contribution in [0.25, 0.3) is 0 Å². The van der Waals surface area contributed by atoms with Gasteiger partial charge in [-0.25, -0.2) is 4.98 Å². The summed E-state index contributed by atoms with van der Waals surface area (Å²) in [5, 5.41) is 0.581. The second-order valence-corrected chi connectivity index (χ2v) is 4.06. The molecule has 0 N–H and O–H groups in total. The average molecular weight is 222 g/mol. The molecule has 1 nitrogen and oxygen atoms in total. The smallest absolute Gasteiger partial charge is 0.142 e. The number of alkyl halides is 1. The van der Waals surface area contributed by atoms with Gasteiger partial charge in [0, 0.05) is 17.0 Å². The molecule has 0 bridgehead atoms. The Labute approximate surface area is 86.5 Å². The third-order valence-electron chi connectivity index (χ3n) is 1.26. The fraction of sp³-hybridized carbons (Fsp3) is 0.375. The van der Waals surface area contributed by atoms with Crippen LogP contribution in [0.15, 0.2) is 23.2 Å². The largest absolute Gasteiger partial charge is 0.243 e. The molecule has 0 aliphatic carbocycles. The maximum Gasteiger partial charge on any atom is 0.142 e. The zero-order valence-corrected chi connectivity index (χ0v) is 8.79. The summed E-state index contributed by atoms with van der Waals surface area (Å²) in [5.41, 5.74) is 0. The van der Waals surface area contributed by atoms with E-state index < -0.39 is 0 Å². The van der Waals surface area contributed by atoms with Crippen LogP contribution >= 0.6 is 35.0 Å². The molecule has 12 heavy (non-hydrogen) atoms. The molecule has 1 aromatic heterocycles. The van der Waals surface area contributed by atoms with E-state index in [0.29, 0.717) is 11.0 Å². The monoisotopic (exact) mass is 221 g/mol. The molecule has 0 aliphatic heterocycles. The fourth-order valence-electron chi connectivity index (χ4n) is 0.716. The summed E-state index contributed by atoms with van der Waals surface area (Å²) in [6.45, 7) is 0. The van der Waals surface area contributed by atoms with Crippen molar-refractivity contribution >= 4 is 35.0 Å². The standard InChI is InChI=1S/C8H9Cl2NS/c9-4-2-6-12-7-3-1-5-11-8(7)10/h1,3,5H,2,4,6H2. The molecule has 0 unspecified atom stereocenters. The van der Waals surface area contributed by atoms with Crippen molar-refractivity contribution in [1.29, 1.82) is 0 Å². The molecule has 66 valence electrons. The van der Waals surface area contributed by atoms with E-state index in [-0.39, 0.29) is 0 Å². The normalized spacial score (nSPS) is 10.2. The number of hydrogen-bond donors (Lipinski definition) is 0. The van der Waals surface area contributed by atoms with Crippen molar-refractivity contribution in [3.63, 3.8) is 0 Å². The maximum absolute atomic E-state index is 5.84. The van der Waals surface area contributed by atoms with E-state index in [0.717, 1.165) is 17.1 Å². The van der Waals surface area contributed by atoms with Gasteiger partial charge < -0.3 is 0 Å². The Morgan fingerprint density at radius 3 is 3.00 bits per heavy atom. The predicted molar refractivity (Wildman–Crippen MR) is 55.3 cm³/mol. The highest BCUT2D eigenvalue weighted by Crippen LogP contribution is 2.24. The molecule has 0 aromatic carbocycles. The lowest BCUT2D eigenvalue weighted by Crippen LogP contribution is -1.83. The van der Waals surface area contributed by atoms with E-state index in [1.807, 2.05) is 12.1 Å². The SMILES string of the molecule is ClCCCSc1cccnc1Cl. The van der Waals surface area contributed by atoms with Crippen molar-refractivity contribution in [2.45, 2.75) is 11.3 Å². The molecule has 0 amide bonds. The van der Waals surface area contributed by atoms with Gasteiger partial charge in [0.1, 0.15) is 5.15 Å². The van der Waals surface area contributed by atoms with Crippen molar-refractivity contribution < 1.29 is 0 Å². The lowest BCUT2D eigenvalue weighted by molar-refractivity contribution is 1.11. The molecule has 0 atom stereocenters. The molecule has 1 rings (SSSR count). The van der Waals surface area contributed by atoms with E-state index >= 15 is 0 Å². The summed E-state index contributed by atoms with van der Waals surface area (Å²) < 4.78 is 0. The third-order valence-corrected chi connectivity index (χ3v) is 3.07. The molecule has 1 aromatic rings. The summed E-state index contributed by atoms with van der Waals surface area (Å²) in [5.74, 6) is 1.69. The zero-order chi connectivity index (χ0) is 8.81. The number of pyridine rings is 1. The van der Waals surface area contributed by atoms with Crippen LogP contribution in [-0.4, -0.2) is 16.6 Å². The minimum absolute atomic E-state index is 0.581. The first-order valence-corrected chi connectivity index (χ1v) is 5.53. The van der Waals surface area contributed by atoms with Gasteiger partial charge in [-0.15, -0.1) is 23.4 Å². The van der Waals surface area contributed by atoms with Gasteiger partial charge >= 0.3 is 0 Å². The van der Waals surface area contributed by atoms with E-state index in [9.17, 15) is 0 Å². The summed E-state index contributed by atoms with van der Waals surface area (Å²) in [4.78, 5) is 5.00. The van der Waals surface area contributed by atoms with Gasteiger partial charge in [0.15, 0.2) is 0 Å². The maximum atomic E-state index is 5.84. The predicted octanol–water partition coefficient (Wildman–Crippen LogP) is 3.46. The Bertz CT molecular complexity index is 242. The molecule has 0 aliphatic rings. The molecular weight excluding hydrogens is 213 g/mol. The van der Waals surface area contributed by atoms with Crippen molar-refractivity contribution in [2.24, 2.45) is 0 Å². The quantitative estimate of drug-likeness (QED) is 0.335. The Morgan fingerprint density at radius 1 is 1.50 bits per heavy atom. The highest BCUT2D eigenvalue weighted by Gasteiger charge is 1.99. The molecule has 0 saturated carbocycles. The van der Waals surface area contributed by atoms with Gasteiger partial charge in [0.05, 0.1) is 0 Å². The number of hydrogen-bond acceptors (Lipinski definition) is 2. The van der Waals surface area contributed by atoms with Crippen LogP contribution in [0, 0.1) is 0 Å². The van der Waals surface area contributed by atoms with Crippen LogP contribution in [0.2, 0.25) is 5.15 Å². The van der Waals surface area contributed by atoms with Crippen molar-refractivity contribution in [2.75, 3.05) is 11.6 Å². The average Bonchev–Trinajstić information content (AvgIpc) is 2.09. The summed E-state index contributed by atoms with van der Waals surface area (Å²) in [6.07, 6.45) is 2.69. The second-order valence-electron chi connectivity index (χ2n) is 2.18. The number of aromatic nitrogens is 1. The minimum atomic E-state index is 0.581. The molecule has 4 heteroatoms. The molecule has 0 fully saturated rings. The van der Waals surface area contributed by atoms with Gasteiger partial charge in [0.25, 0.3) is 0 Å². The van der Waals surface area contributed by atoms with E-state index in [4.69, 9.17) is 23.2 Å². The molecule has 0 radical (unpaired) electrons. The van der Waals surface area contributed by atoms with Crippen LogP contribution in [0.5, 0.6) is 0 Å². The van der Waals surface area contributed by atoms with Crippen molar-refractivity contribution in [1.82, 2.24) is 4.98 Å². The zero-order valence-electron chi connectivity index (χ0n) is 6.46. The van der Waals surface area contributed by atoms with E-state index in [1.54, 1.807) is 18.0 Å². The molecular formula is C8H9Cl2NS.